The summed E-state index contributed by atoms with van der Waals surface area (Å²) in [4.78, 5) is 41.3. The monoisotopic (exact) mass is 413 g/mol. The molecular formula is C22H24ClN3O3. The molecular weight excluding hydrogens is 390 g/mol. The number of benzene rings is 2. The summed E-state index contributed by atoms with van der Waals surface area (Å²) in [7, 11) is 0. The molecule has 1 fully saturated rings. The Balaban J connectivity index is 1.79. The van der Waals surface area contributed by atoms with Crippen LogP contribution in [0.2, 0.25) is 5.02 Å². The van der Waals surface area contributed by atoms with Gasteiger partial charge in [0.15, 0.2) is 0 Å². The number of rotatable bonds is 7. The second-order valence-corrected chi connectivity index (χ2v) is 7.88. The highest BCUT2D eigenvalue weighted by atomic mass is 35.5. The van der Waals surface area contributed by atoms with Crippen molar-refractivity contribution >= 4 is 40.8 Å². The summed E-state index contributed by atoms with van der Waals surface area (Å²) >= 11 is 5.87. The van der Waals surface area contributed by atoms with E-state index in [0.717, 1.165) is 6.42 Å². The second kappa shape index (κ2) is 9.09. The van der Waals surface area contributed by atoms with Gasteiger partial charge in [0.2, 0.25) is 5.91 Å². The van der Waals surface area contributed by atoms with Crippen molar-refractivity contribution in [3.05, 3.63) is 59.6 Å². The number of anilines is 2. The average molecular weight is 414 g/mol. The van der Waals surface area contributed by atoms with Crippen molar-refractivity contribution in [3.63, 3.8) is 0 Å². The summed E-state index contributed by atoms with van der Waals surface area (Å²) in [5.41, 5.74) is 1.10. The van der Waals surface area contributed by atoms with Crippen LogP contribution in [0.4, 0.5) is 16.2 Å². The lowest BCUT2D eigenvalue weighted by atomic mass is 10.1. The highest BCUT2D eigenvalue weighted by Crippen LogP contribution is 2.27. The van der Waals surface area contributed by atoms with E-state index in [0.29, 0.717) is 28.9 Å². The fourth-order valence-electron chi connectivity index (χ4n) is 3.22. The third-order valence-corrected chi connectivity index (χ3v) is 5.04. The molecule has 0 spiro atoms. The molecule has 1 aliphatic heterocycles. The Labute approximate surface area is 175 Å². The molecule has 0 aliphatic carbocycles. The first kappa shape index (κ1) is 20.9. The molecule has 0 bridgehead atoms. The van der Waals surface area contributed by atoms with Crippen LogP contribution in [0, 0.1) is 5.92 Å². The van der Waals surface area contributed by atoms with Gasteiger partial charge in [-0.25, -0.2) is 9.69 Å². The van der Waals surface area contributed by atoms with E-state index < -0.39 is 6.04 Å². The van der Waals surface area contributed by atoms with Crippen LogP contribution in [0.1, 0.15) is 26.7 Å². The summed E-state index contributed by atoms with van der Waals surface area (Å²) in [5, 5.41) is 3.33. The minimum Gasteiger partial charge on any atom is -0.326 e. The summed E-state index contributed by atoms with van der Waals surface area (Å²) in [6.07, 6.45) is 0.644. The van der Waals surface area contributed by atoms with Crippen molar-refractivity contribution in [3.8, 4) is 0 Å². The van der Waals surface area contributed by atoms with Crippen molar-refractivity contribution in [2.75, 3.05) is 16.8 Å². The Kier molecular flexibility index (Phi) is 6.54. The molecule has 2 aromatic carbocycles. The van der Waals surface area contributed by atoms with Gasteiger partial charge in [-0.2, -0.15) is 0 Å². The largest absolute Gasteiger partial charge is 0.332 e. The lowest BCUT2D eigenvalue weighted by molar-refractivity contribution is -0.124. The fourth-order valence-corrected chi connectivity index (χ4v) is 3.35. The summed E-state index contributed by atoms with van der Waals surface area (Å²) in [6.45, 7) is 4.53. The number of halogens is 1. The van der Waals surface area contributed by atoms with E-state index in [4.69, 9.17) is 11.6 Å². The molecule has 1 heterocycles. The predicted octanol–water partition coefficient (Wildman–Crippen LogP) is 4.55. The zero-order valence-electron chi connectivity index (χ0n) is 16.5. The molecule has 1 aliphatic rings. The van der Waals surface area contributed by atoms with Crippen molar-refractivity contribution in [2.24, 2.45) is 5.92 Å². The van der Waals surface area contributed by atoms with E-state index in [-0.39, 0.29) is 24.3 Å². The van der Waals surface area contributed by atoms with Crippen LogP contribution in [0.3, 0.4) is 0 Å². The molecule has 152 valence electrons. The van der Waals surface area contributed by atoms with E-state index in [9.17, 15) is 14.4 Å². The fraction of sp³-hybridized carbons (Fsp3) is 0.318. The average Bonchev–Trinajstić information content (AvgIpc) is 2.92. The van der Waals surface area contributed by atoms with Crippen LogP contribution in [0.15, 0.2) is 54.6 Å². The predicted molar refractivity (Wildman–Crippen MR) is 114 cm³/mol. The maximum Gasteiger partial charge on any atom is 0.332 e. The van der Waals surface area contributed by atoms with Crippen LogP contribution < -0.4 is 10.2 Å². The Hall–Kier alpha value is -2.86. The number of hydrogen-bond acceptors (Lipinski definition) is 3. The number of amides is 4. The molecule has 1 saturated heterocycles. The van der Waals surface area contributed by atoms with E-state index >= 15 is 0 Å². The van der Waals surface area contributed by atoms with Crippen LogP contribution >= 0.6 is 11.6 Å². The minimum atomic E-state index is -0.825. The van der Waals surface area contributed by atoms with Gasteiger partial charge < -0.3 is 10.2 Å². The van der Waals surface area contributed by atoms with Crippen molar-refractivity contribution in [1.29, 1.82) is 0 Å². The Morgan fingerprint density at radius 1 is 1.07 bits per heavy atom. The first-order valence-corrected chi connectivity index (χ1v) is 9.99. The molecule has 0 unspecified atom stereocenters. The summed E-state index contributed by atoms with van der Waals surface area (Å²) in [5.74, 6) is -0.341. The van der Waals surface area contributed by atoms with Crippen LogP contribution in [-0.2, 0) is 9.59 Å². The Morgan fingerprint density at radius 3 is 2.34 bits per heavy atom. The maximum absolute atomic E-state index is 13.1. The van der Waals surface area contributed by atoms with Gasteiger partial charge in [0.1, 0.15) is 6.04 Å². The third-order valence-electron chi connectivity index (χ3n) is 4.79. The van der Waals surface area contributed by atoms with Gasteiger partial charge in [0, 0.05) is 17.3 Å². The van der Waals surface area contributed by atoms with Gasteiger partial charge >= 0.3 is 6.03 Å². The number of urea groups is 1. The van der Waals surface area contributed by atoms with Crippen LogP contribution in [-0.4, -0.2) is 35.3 Å². The summed E-state index contributed by atoms with van der Waals surface area (Å²) < 4.78 is 0. The van der Waals surface area contributed by atoms with E-state index in [1.807, 2.05) is 6.07 Å². The molecule has 1 atom stereocenters. The normalized spacial score (nSPS) is 16.6. The van der Waals surface area contributed by atoms with Gasteiger partial charge in [-0.3, -0.25) is 9.59 Å². The number of imide groups is 1. The number of hydrogen-bond donors (Lipinski definition) is 1. The summed E-state index contributed by atoms with van der Waals surface area (Å²) in [6, 6.07) is 14.3. The second-order valence-electron chi connectivity index (χ2n) is 7.44. The molecule has 0 saturated carbocycles. The minimum absolute atomic E-state index is 0.103. The van der Waals surface area contributed by atoms with Crippen LogP contribution in [0.5, 0.6) is 0 Å². The lowest BCUT2D eigenvalue weighted by Gasteiger charge is -2.22. The quantitative estimate of drug-likeness (QED) is 0.677. The van der Waals surface area contributed by atoms with Crippen molar-refractivity contribution in [2.45, 2.75) is 32.7 Å². The van der Waals surface area contributed by atoms with Crippen molar-refractivity contribution < 1.29 is 14.4 Å². The zero-order chi connectivity index (χ0) is 21.0. The topological polar surface area (TPSA) is 69.7 Å². The van der Waals surface area contributed by atoms with Crippen LogP contribution in [0.25, 0.3) is 0 Å². The zero-order valence-corrected chi connectivity index (χ0v) is 17.2. The molecule has 6 nitrogen and oxygen atoms in total. The number of nitrogens with one attached hydrogen (secondary N) is 1. The van der Waals surface area contributed by atoms with E-state index in [1.54, 1.807) is 48.5 Å². The smallest absolute Gasteiger partial charge is 0.326 e. The molecule has 0 aromatic heterocycles. The lowest BCUT2D eigenvalue weighted by Crippen LogP contribution is -2.39. The molecule has 2 aromatic rings. The molecule has 1 N–H and O–H groups in total. The standard InChI is InChI=1S/C22H24ClN3O3/c1-15(2)12-13-25-19(14-20(27)24-17-10-8-16(23)9-11-17)21(28)26(22(25)29)18-6-4-3-5-7-18/h3-11,15,19H,12-14H2,1-2H3,(H,24,27)/t19-/m0/s1. The maximum atomic E-state index is 13.1. The van der Waals surface area contributed by atoms with Crippen molar-refractivity contribution in [1.82, 2.24) is 4.90 Å². The molecule has 4 amide bonds. The number of para-hydroxylation sites is 1. The van der Waals surface area contributed by atoms with Gasteiger partial charge in [-0.05, 0) is 48.7 Å². The van der Waals surface area contributed by atoms with Gasteiger partial charge in [-0.1, -0.05) is 43.6 Å². The number of nitrogens with zero attached hydrogens (tertiary/aromatic N) is 2. The first-order chi connectivity index (χ1) is 13.9. The first-order valence-electron chi connectivity index (χ1n) is 9.62. The SMILES string of the molecule is CC(C)CCN1C(=O)N(c2ccccc2)C(=O)[C@@H]1CC(=O)Nc1ccc(Cl)cc1. The molecule has 3 rings (SSSR count). The molecule has 7 heteroatoms. The van der Waals surface area contributed by atoms with Gasteiger partial charge in [0.05, 0.1) is 12.1 Å². The Bertz CT molecular complexity index is 884. The van der Waals surface area contributed by atoms with Gasteiger partial charge in [0.25, 0.3) is 5.91 Å². The molecule has 29 heavy (non-hydrogen) atoms. The van der Waals surface area contributed by atoms with E-state index in [2.05, 4.69) is 19.2 Å². The number of carbonyl (C=O) groups is 3. The highest BCUT2D eigenvalue weighted by Gasteiger charge is 2.46. The van der Waals surface area contributed by atoms with Gasteiger partial charge in [-0.15, -0.1) is 0 Å². The Morgan fingerprint density at radius 2 is 1.72 bits per heavy atom. The van der Waals surface area contributed by atoms with E-state index in [1.165, 1.54) is 9.80 Å². The third kappa shape index (κ3) is 4.95. The number of carbonyl (C=O) groups excluding carboxylic acids is 3. The molecule has 0 radical (unpaired) electrons. The highest BCUT2D eigenvalue weighted by molar-refractivity contribution is 6.30.